The number of unbranched alkanes of at least 4 members (excludes halogenated alkanes) is 3. The summed E-state index contributed by atoms with van der Waals surface area (Å²) in [6.07, 6.45) is 17.5. The Labute approximate surface area is 135 Å². The SMILES string of the molecule is CCCCC(C)(C)CC=C(C)CCCCCC(CC)CC. The minimum Gasteiger partial charge on any atom is -0.0851 e. The van der Waals surface area contributed by atoms with E-state index in [2.05, 4.69) is 47.6 Å². The van der Waals surface area contributed by atoms with Gasteiger partial charge in [0, 0.05) is 0 Å². The second-order valence-corrected chi connectivity index (χ2v) is 7.80. The van der Waals surface area contributed by atoms with Crippen molar-refractivity contribution < 1.29 is 0 Å². The molecule has 0 saturated heterocycles. The van der Waals surface area contributed by atoms with Crippen LogP contribution in [-0.4, -0.2) is 0 Å². The highest BCUT2D eigenvalue weighted by Crippen LogP contribution is 2.29. The molecule has 0 bridgehead atoms. The van der Waals surface area contributed by atoms with Crippen molar-refractivity contribution in [3.63, 3.8) is 0 Å². The predicted molar refractivity (Wildman–Crippen MR) is 98.8 cm³/mol. The van der Waals surface area contributed by atoms with Gasteiger partial charge in [-0.3, -0.25) is 0 Å². The fourth-order valence-corrected chi connectivity index (χ4v) is 3.02. The van der Waals surface area contributed by atoms with Crippen LogP contribution in [0.3, 0.4) is 0 Å². The Kier molecular flexibility index (Phi) is 12.1. The van der Waals surface area contributed by atoms with E-state index < -0.39 is 0 Å². The quantitative estimate of drug-likeness (QED) is 0.239. The Bertz CT molecular complexity index is 255. The van der Waals surface area contributed by atoms with Crippen molar-refractivity contribution >= 4 is 0 Å². The molecule has 0 nitrogen and oxygen atoms in total. The molecule has 0 aromatic heterocycles. The van der Waals surface area contributed by atoms with E-state index in [0.29, 0.717) is 5.41 Å². The van der Waals surface area contributed by atoms with Gasteiger partial charge in [0.2, 0.25) is 0 Å². The minimum atomic E-state index is 0.493. The largest absolute Gasteiger partial charge is 0.0851 e. The maximum Gasteiger partial charge on any atom is -0.0296 e. The number of rotatable bonds is 13. The third-order valence-corrected chi connectivity index (χ3v) is 5.05. The van der Waals surface area contributed by atoms with E-state index in [1.165, 1.54) is 70.6 Å². The zero-order valence-corrected chi connectivity index (χ0v) is 15.9. The highest BCUT2D eigenvalue weighted by molar-refractivity contribution is 4.99. The standard InChI is InChI=1S/C21H42/c1-7-10-17-21(5,6)18-16-19(4)14-12-11-13-15-20(8-2)9-3/h16,20H,7-15,17-18H2,1-6H3. The van der Waals surface area contributed by atoms with Crippen LogP contribution in [0.2, 0.25) is 0 Å². The second-order valence-electron chi connectivity index (χ2n) is 7.80. The molecule has 0 heterocycles. The third kappa shape index (κ3) is 12.0. The Morgan fingerprint density at radius 1 is 0.952 bits per heavy atom. The van der Waals surface area contributed by atoms with Crippen LogP contribution in [-0.2, 0) is 0 Å². The molecule has 0 atom stereocenters. The molecule has 0 aromatic rings. The second kappa shape index (κ2) is 12.3. The van der Waals surface area contributed by atoms with Gasteiger partial charge in [0.05, 0.1) is 0 Å². The molecule has 0 unspecified atom stereocenters. The monoisotopic (exact) mass is 294 g/mol. The molecular formula is C21H42. The Hall–Kier alpha value is -0.260. The fourth-order valence-electron chi connectivity index (χ4n) is 3.02. The lowest BCUT2D eigenvalue weighted by atomic mass is 9.83. The Balaban J connectivity index is 3.78. The summed E-state index contributed by atoms with van der Waals surface area (Å²) in [5, 5.41) is 0. The van der Waals surface area contributed by atoms with Crippen LogP contribution in [0, 0.1) is 11.3 Å². The molecule has 0 saturated carbocycles. The van der Waals surface area contributed by atoms with Gasteiger partial charge in [-0.05, 0) is 43.9 Å². The van der Waals surface area contributed by atoms with Gasteiger partial charge in [-0.1, -0.05) is 91.2 Å². The average molecular weight is 295 g/mol. The van der Waals surface area contributed by atoms with E-state index in [1.807, 2.05) is 0 Å². The molecule has 0 fully saturated rings. The smallest absolute Gasteiger partial charge is 0.0296 e. The van der Waals surface area contributed by atoms with Gasteiger partial charge in [0.1, 0.15) is 0 Å². The predicted octanol–water partition coefficient (Wildman–Crippen LogP) is 7.93. The highest BCUT2D eigenvalue weighted by Gasteiger charge is 2.15. The molecule has 0 aliphatic carbocycles. The molecule has 126 valence electrons. The minimum absolute atomic E-state index is 0.493. The average Bonchev–Trinajstić information content (AvgIpc) is 2.47. The van der Waals surface area contributed by atoms with Crippen LogP contribution in [0.1, 0.15) is 112 Å². The number of hydrogen-bond acceptors (Lipinski definition) is 0. The number of allylic oxidation sites excluding steroid dienone is 2. The topological polar surface area (TPSA) is 0 Å². The van der Waals surface area contributed by atoms with E-state index in [0.717, 1.165) is 5.92 Å². The summed E-state index contributed by atoms with van der Waals surface area (Å²) < 4.78 is 0. The maximum atomic E-state index is 2.51. The van der Waals surface area contributed by atoms with Crippen molar-refractivity contribution in [3.05, 3.63) is 11.6 Å². The van der Waals surface area contributed by atoms with Crippen molar-refractivity contribution in [1.29, 1.82) is 0 Å². The molecular weight excluding hydrogens is 252 g/mol. The van der Waals surface area contributed by atoms with Gasteiger partial charge in [0.25, 0.3) is 0 Å². The molecule has 0 spiro atoms. The van der Waals surface area contributed by atoms with Crippen molar-refractivity contribution in [2.45, 2.75) is 112 Å². The summed E-state index contributed by atoms with van der Waals surface area (Å²) >= 11 is 0. The Morgan fingerprint density at radius 2 is 1.62 bits per heavy atom. The van der Waals surface area contributed by atoms with Crippen LogP contribution in [0.15, 0.2) is 11.6 Å². The third-order valence-electron chi connectivity index (χ3n) is 5.05. The van der Waals surface area contributed by atoms with Gasteiger partial charge < -0.3 is 0 Å². The maximum absolute atomic E-state index is 2.51. The summed E-state index contributed by atoms with van der Waals surface area (Å²) in [6, 6.07) is 0. The van der Waals surface area contributed by atoms with Crippen molar-refractivity contribution in [2.75, 3.05) is 0 Å². The zero-order valence-electron chi connectivity index (χ0n) is 15.9. The van der Waals surface area contributed by atoms with Crippen LogP contribution in [0.5, 0.6) is 0 Å². The molecule has 0 radical (unpaired) electrons. The summed E-state index contributed by atoms with van der Waals surface area (Å²) in [5.74, 6) is 0.973. The van der Waals surface area contributed by atoms with Gasteiger partial charge in [-0.15, -0.1) is 0 Å². The molecule has 0 aromatic carbocycles. The fraction of sp³-hybridized carbons (Fsp3) is 0.905. The molecule has 0 aliphatic heterocycles. The molecule has 0 aliphatic rings. The first-order valence-electron chi connectivity index (χ1n) is 9.60. The van der Waals surface area contributed by atoms with Crippen LogP contribution >= 0.6 is 0 Å². The van der Waals surface area contributed by atoms with Gasteiger partial charge in [-0.25, -0.2) is 0 Å². The van der Waals surface area contributed by atoms with Gasteiger partial charge in [-0.2, -0.15) is 0 Å². The summed E-state index contributed by atoms with van der Waals surface area (Å²) in [5.41, 5.74) is 2.11. The van der Waals surface area contributed by atoms with Gasteiger partial charge >= 0.3 is 0 Å². The molecule has 0 heteroatoms. The summed E-state index contributed by atoms with van der Waals surface area (Å²) in [4.78, 5) is 0. The van der Waals surface area contributed by atoms with E-state index in [9.17, 15) is 0 Å². The number of hydrogen-bond donors (Lipinski definition) is 0. The van der Waals surface area contributed by atoms with Crippen molar-refractivity contribution in [3.8, 4) is 0 Å². The lowest BCUT2D eigenvalue weighted by Crippen LogP contribution is -2.09. The van der Waals surface area contributed by atoms with Crippen molar-refractivity contribution in [1.82, 2.24) is 0 Å². The highest BCUT2D eigenvalue weighted by atomic mass is 14.2. The van der Waals surface area contributed by atoms with E-state index >= 15 is 0 Å². The van der Waals surface area contributed by atoms with Crippen LogP contribution in [0.4, 0.5) is 0 Å². The molecule has 0 amide bonds. The summed E-state index contributed by atoms with van der Waals surface area (Å²) in [6.45, 7) is 14.1. The van der Waals surface area contributed by atoms with Gasteiger partial charge in [0.15, 0.2) is 0 Å². The lowest BCUT2D eigenvalue weighted by Gasteiger charge is -2.23. The van der Waals surface area contributed by atoms with E-state index in [4.69, 9.17) is 0 Å². The lowest BCUT2D eigenvalue weighted by molar-refractivity contribution is 0.327. The summed E-state index contributed by atoms with van der Waals surface area (Å²) in [7, 11) is 0. The van der Waals surface area contributed by atoms with Crippen LogP contribution < -0.4 is 0 Å². The molecule has 0 rings (SSSR count). The van der Waals surface area contributed by atoms with E-state index in [1.54, 1.807) is 5.57 Å². The first kappa shape index (κ1) is 20.7. The molecule has 0 N–H and O–H groups in total. The first-order valence-corrected chi connectivity index (χ1v) is 9.60. The van der Waals surface area contributed by atoms with E-state index in [-0.39, 0.29) is 0 Å². The van der Waals surface area contributed by atoms with Crippen LogP contribution in [0.25, 0.3) is 0 Å². The Morgan fingerprint density at radius 3 is 2.19 bits per heavy atom. The first-order chi connectivity index (χ1) is 9.95. The zero-order chi connectivity index (χ0) is 16.1. The molecule has 21 heavy (non-hydrogen) atoms. The van der Waals surface area contributed by atoms with Crippen molar-refractivity contribution in [2.24, 2.45) is 11.3 Å². The normalized spacial score (nSPS) is 13.2.